The molecular formula is C48H55N11O6. The van der Waals surface area contributed by atoms with Crippen LogP contribution in [0.1, 0.15) is 79.8 Å². The highest BCUT2D eigenvalue weighted by molar-refractivity contribution is 6.06. The highest BCUT2D eigenvalue weighted by atomic mass is 16.5. The van der Waals surface area contributed by atoms with E-state index in [0.29, 0.717) is 92.4 Å². The van der Waals surface area contributed by atoms with E-state index in [-0.39, 0.29) is 36.1 Å². The van der Waals surface area contributed by atoms with Crippen LogP contribution in [0.3, 0.4) is 0 Å². The average Bonchev–Trinajstić information content (AvgIpc) is 3.89. The molecule has 9 rings (SSSR count). The predicted octanol–water partition coefficient (Wildman–Crippen LogP) is 5.00. The number of nitrogens with one attached hydrogen (secondary N) is 2. The van der Waals surface area contributed by atoms with Gasteiger partial charge >= 0.3 is 0 Å². The largest absolute Gasteiger partial charge is 0.457 e. The Kier molecular flexibility index (Phi) is 13.0. The molecule has 17 nitrogen and oxygen atoms in total. The quantitative estimate of drug-likeness (QED) is 0.0941. The zero-order chi connectivity index (χ0) is 44.9. The van der Waals surface area contributed by atoms with E-state index in [1.54, 1.807) is 11.0 Å². The molecule has 65 heavy (non-hydrogen) atoms. The summed E-state index contributed by atoms with van der Waals surface area (Å²) in [5.41, 5.74) is 10.9. The molecule has 4 aliphatic heterocycles. The summed E-state index contributed by atoms with van der Waals surface area (Å²) in [7, 11) is 0. The highest BCUT2D eigenvalue weighted by Gasteiger charge is 2.40. The van der Waals surface area contributed by atoms with E-state index in [1.165, 1.54) is 6.33 Å². The summed E-state index contributed by atoms with van der Waals surface area (Å²) >= 11 is 0. The Hall–Kier alpha value is -6.88. The van der Waals surface area contributed by atoms with Crippen LogP contribution in [0.5, 0.6) is 11.5 Å². The number of aromatic nitrogens is 4. The molecule has 0 bridgehead atoms. The lowest BCUT2D eigenvalue weighted by Gasteiger charge is -2.35. The van der Waals surface area contributed by atoms with Crippen molar-refractivity contribution < 1.29 is 28.7 Å². The first kappa shape index (κ1) is 43.4. The molecule has 4 aliphatic rings. The van der Waals surface area contributed by atoms with Gasteiger partial charge in [0.05, 0.1) is 11.4 Å². The smallest absolute Gasteiger partial charge is 0.255 e. The van der Waals surface area contributed by atoms with Crippen molar-refractivity contribution >= 4 is 52.1 Å². The monoisotopic (exact) mass is 881 g/mol. The molecule has 17 heteroatoms. The van der Waals surface area contributed by atoms with E-state index in [0.717, 1.165) is 74.3 Å². The summed E-state index contributed by atoms with van der Waals surface area (Å²) in [4.78, 5) is 80.6. The number of amides is 5. The normalized spacial score (nSPS) is 19.1. The fourth-order valence-corrected chi connectivity index (χ4v) is 9.50. The molecule has 4 N–H and O–H groups in total. The number of piperazine rings is 1. The Morgan fingerprint density at radius 3 is 2.38 bits per heavy atom. The van der Waals surface area contributed by atoms with Gasteiger partial charge in [-0.05, 0) is 93.6 Å². The molecule has 5 amide bonds. The van der Waals surface area contributed by atoms with Crippen LogP contribution in [0.4, 0.5) is 11.5 Å². The van der Waals surface area contributed by atoms with Crippen LogP contribution in [0.15, 0.2) is 79.1 Å². The van der Waals surface area contributed by atoms with Crippen molar-refractivity contribution in [2.75, 3.05) is 63.4 Å². The number of rotatable bonds is 15. The number of fused-ring (bicyclic) bond motifs is 2. The maximum absolute atomic E-state index is 13.6. The number of nitrogens with two attached hydrogens (primary N) is 1. The SMILES string of the molecule is Nc1ncnc2c1c(-c1ccc(Oc3ccccc3)cc1)nn2[C@@H]1CCCN(C(=O)CCCN2CCN(C(=O)CCCCNc3cccc4c3CN(C3CCC(=O)NC3=O)C4=O)CC2)C1. The van der Waals surface area contributed by atoms with Gasteiger partial charge in [0.25, 0.3) is 5.91 Å². The fourth-order valence-electron chi connectivity index (χ4n) is 9.50. The van der Waals surface area contributed by atoms with Crippen LogP contribution in [-0.2, 0) is 25.7 Å². The van der Waals surface area contributed by atoms with Crippen LogP contribution >= 0.6 is 0 Å². The number of carbonyl (C=O) groups excluding carboxylic acids is 5. The van der Waals surface area contributed by atoms with Crippen LogP contribution in [-0.4, -0.2) is 127 Å². The minimum Gasteiger partial charge on any atom is -0.457 e. The Bertz CT molecular complexity index is 2560. The second-order valence-corrected chi connectivity index (χ2v) is 17.3. The number of nitrogen functional groups attached to an aromatic ring is 1. The van der Waals surface area contributed by atoms with Gasteiger partial charge in [-0.25, -0.2) is 14.6 Å². The summed E-state index contributed by atoms with van der Waals surface area (Å²) in [6, 6.07) is 22.2. The van der Waals surface area contributed by atoms with Gasteiger partial charge < -0.3 is 30.5 Å². The number of anilines is 2. The second kappa shape index (κ2) is 19.5. The molecule has 0 aliphatic carbocycles. The Morgan fingerprint density at radius 1 is 0.815 bits per heavy atom. The van der Waals surface area contributed by atoms with E-state index < -0.39 is 11.9 Å². The lowest BCUT2D eigenvalue weighted by Crippen LogP contribution is -2.52. The number of para-hydroxylation sites is 1. The van der Waals surface area contributed by atoms with Gasteiger partial charge in [0.1, 0.15) is 35.4 Å². The summed E-state index contributed by atoms with van der Waals surface area (Å²) in [6.45, 7) is 5.92. The molecule has 3 saturated heterocycles. The first-order valence-corrected chi connectivity index (χ1v) is 22.8. The number of hydrogen-bond acceptors (Lipinski definition) is 12. The van der Waals surface area contributed by atoms with E-state index in [2.05, 4.69) is 25.5 Å². The third-order valence-corrected chi connectivity index (χ3v) is 13.0. The maximum Gasteiger partial charge on any atom is 0.255 e. The molecule has 6 heterocycles. The molecule has 2 atom stereocenters. The van der Waals surface area contributed by atoms with E-state index in [9.17, 15) is 24.0 Å². The molecule has 3 aromatic carbocycles. The highest BCUT2D eigenvalue weighted by Crippen LogP contribution is 2.36. The number of hydrogen-bond donors (Lipinski definition) is 3. The Labute approximate surface area is 377 Å². The Balaban J connectivity index is 0.696. The van der Waals surface area contributed by atoms with E-state index >= 15 is 0 Å². The van der Waals surface area contributed by atoms with Crippen molar-refractivity contribution in [3.63, 3.8) is 0 Å². The molecular weight excluding hydrogens is 827 g/mol. The molecule has 338 valence electrons. The molecule has 1 unspecified atom stereocenters. The van der Waals surface area contributed by atoms with Gasteiger partial charge in [-0.3, -0.25) is 34.2 Å². The molecule has 0 radical (unpaired) electrons. The topological polar surface area (TPSA) is 201 Å². The fraction of sp³-hybridized carbons (Fsp3) is 0.417. The number of carbonyl (C=O) groups is 5. The van der Waals surface area contributed by atoms with E-state index in [4.69, 9.17) is 15.6 Å². The molecule has 5 aromatic rings. The van der Waals surface area contributed by atoms with E-state index in [1.807, 2.05) is 81.2 Å². The lowest BCUT2D eigenvalue weighted by molar-refractivity contribution is -0.137. The van der Waals surface area contributed by atoms with Gasteiger partial charge in [0.15, 0.2) is 5.65 Å². The number of imide groups is 1. The van der Waals surface area contributed by atoms with Crippen molar-refractivity contribution in [3.8, 4) is 22.8 Å². The second-order valence-electron chi connectivity index (χ2n) is 17.3. The number of unbranched alkanes of at least 4 members (excludes halogenated alkanes) is 1. The number of likely N-dealkylation sites (tertiary alicyclic amines) is 1. The van der Waals surface area contributed by atoms with Gasteiger partial charge in [-0.1, -0.05) is 24.3 Å². The van der Waals surface area contributed by atoms with Crippen LogP contribution in [0, 0.1) is 0 Å². The van der Waals surface area contributed by atoms with Crippen molar-refractivity contribution in [2.24, 2.45) is 0 Å². The Morgan fingerprint density at radius 2 is 1.58 bits per heavy atom. The molecule has 0 saturated carbocycles. The third kappa shape index (κ3) is 9.65. The third-order valence-electron chi connectivity index (χ3n) is 13.0. The van der Waals surface area contributed by atoms with Gasteiger partial charge in [-0.2, -0.15) is 5.10 Å². The lowest BCUT2D eigenvalue weighted by atomic mass is 10.0. The first-order valence-electron chi connectivity index (χ1n) is 22.8. The molecule has 2 aromatic heterocycles. The zero-order valence-corrected chi connectivity index (χ0v) is 36.5. The molecule has 0 spiro atoms. The summed E-state index contributed by atoms with van der Waals surface area (Å²) in [5.74, 6) is 1.18. The van der Waals surface area contributed by atoms with Crippen LogP contribution < -0.4 is 21.1 Å². The number of ether oxygens (including phenoxy) is 1. The summed E-state index contributed by atoms with van der Waals surface area (Å²) < 4.78 is 7.92. The number of nitrogens with zero attached hydrogens (tertiary/aromatic N) is 8. The maximum atomic E-state index is 13.6. The zero-order valence-electron chi connectivity index (χ0n) is 36.5. The standard InChI is InChI=1S/C48H55N11O6/c49-45-43-44(32-16-18-35(19-17-32)65-34-10-2-1-3-11-34)54-59(46(43)52-31-51-45)33-9-7-24-57(29-33)42(62)15-8-23-55-25-27-56(28-26-55)41(61)14-4-5-22-50-38-13-6-12-36-37(38)30-58(48(36)64)39-20-21-40(60)53-47(39)63/h1-3,6,10-13,16-19,31,33,39,50H,4-5,7-9,14-15,20-30H2,(H2,49,51,52)(H,53,60,63)/t33-,39?/m1/s1. The van der Waals surface area contributed by atoms with Gasteiger partial charge in [0, 0.05) is 94.0 Å². The number of benzene rings is 3. The summed E-state index contributed by atoms with van der Waals surface area (Å²) in [5, 5.41) is 11.5. The van der Waals surface area contributed by atoms with Crippen molar-refractivity contribution in [2.45, 2.75) is 76.4 Å². The summed E-state index contributed by atoms with van der Waals surface area (Å²) in [6.07, 6.45) is 6.91. The predicted molar refractivity (Wildman–Crippen MR) is 244 cm³/mol. The minimum absolute atomic E-state index is 0.0581. The van der Waals surface area contributed by atoms with Crippen molar-refractivity contribution in [3.05, 3.63) is 90.3 Å². The van der Waals surface area contributed by atoms with Crippen LogP contribution in [0.25, 0.3) is 22.3 Å². The van der Waals surface area contributed by atoms with Crippen LogP contribution in [0.2, 0.25) is 0 Å². The minimum atomic E-state index is -0.654. The first-order chi connectivity index (χ1) is 31.7. The molecule has 3 fully saturated rings. The van der Waals surface area contributed by atoms with Crippen molar-refractivity contribution in [1.29, 1.82) is 0 Å². The van der Waals surface area contributed by atoms with Crippen molar-refractivity contribution in [1.82, 2.24) is 44.7 Å². The number of piperidine rings is 2. The van der Waals surface area contributed by atoms with Gasteiger partial charge in [-0.15, -0.1) is 0 Å². The average molecular weight is 882 g/mol. The van der Waals surface area contributed by atoms with Gasteiger partial charge in [0.2, 0.25) is 23.6 Å².